The molecule has 1 fully saturated rings. The Balaban J connectivity index is 1.47. The molecule has 1 aliphatic heterocycles. The van der Waals surface area contributed by atoms with Gasteiger partial charge in [-0.2, -0.15) is 5.10 Å². The molecule has 7 nitrogen and oxygen atoms in total. The monoisotopic (exact) mass is 392 g/mol. The molecule has 2 N–H and O–H groups in total. The molecule has 152 valence electrons. The number of H-pyrrole nitrogens is 1. The third-order valence-corrected chi connectivity index (χ3v) is 5.52. The van der Waals surface area contributed by atoms with E-state index < -0.39 is 0 Å². The van der Waals surface area contributed by atoms with Gasteiger partial charge in [0.25, 0.3) is 5.56 Å². The van der Waals surface area contributed by atoms with E-state index in [9.17, 15) is 4.79 Å². The van der Waals surface area contributed by atoms with Crippen molar-refractivity contribution in [2.45, 2.75) is 38.9 Å². The normalized spacial score (nSPS) is 16.8. The van der Waals surface area contributed by atoms with Crippen LogP contribution in [0.2, 0.25) is 0 Å². The van der Waals surface area contributed by atoms with E-state index in [1.165, 1.54) is 5.56 Å². The highest BCUT2D eigenvalue weighted by Gasteiger charge is 2.29. The number of benzene rings is 1. The highest BCUT2D eigenvalue weighted by molar-refractivity contribution is 5.55. The summed E-state index contributed by atoms with van der Waals surface area (Å²) in [5.41, 5.74) is 2.97. The Labute approximate surface area is 170 Å². The molecular formula is C22H28N6O. The summed E-state index contributed by atoms with van der Waals surface area (Å²) in [7, 11) is 0. The lowest BCUT2D eigenvalue weighted by Crippen LogP contribution is -2.57. The first kappa shape index (κ1) is 19.5. The summed E-state index contributed by atoms with van der Waals surface area (Å²) in [6.07, 6.45) is 4.32. The molecule has 1 saturated heterocycles. The minimum atomic E-state index is -0.128. The Morgan fingerprint density at radius 1 is 1.21 bits per heavy atom. The molecule has 0 saturated carbocycles. The van der Waals surface area contributed by atoms with E-state index in [-0.39, 0.29) is 11.1 Å². The Morgan fingerprint density at radius 2 is 2.03 bits per heavy atom. The van der Waals surface area contributed by atoms with Crippen molar-refractivity contribution in [3.63, 3.8) is 0 Å². The second-order valence-corrected chi connectivity index (χ2v) is 8.21. The van der Waals surface area contributed by atoms with Gasteiger partial charge in [0.15, 0.2) is 0 Å². The molecule has 3 heterocycles. The zero-order chi connectivity index (χ0) is 20.3. The van der Waals surface area contributed by atoms with Gasteiger partial charge in [-0.25, -0.2) is 4.98 Å². The van der Waals surface area contributed by atoms with Gasteiger partial charge in [0.2, 0.25) is 0 Å². The van der Waals surface area contributed by atoms with E-state index >= 15 is 0 Å². The lowest BCUT2D eigenvalue weighted by Gasteiger charge is -2.42. The molecular weight excluding hydrogens is 364 g/mol. The van der Waals surface area contributed by atoms with Gasteiger partial charge in [-0.05, 0) is 25.5 Å². The number of aromatic nitrogens is 4. The SMILES string of the molecule is CC1(C)CNCCN1Cc1ccc(-c2nc(CCn3cccn3)cc(=O)[nH]2)cc1. The fourth-order valence-corrected chi connectivity index (χ4v) is 3.74. The van der Waals surface area contributed by atoms with Gasteiger partial charge in [-0.15, -0.1) is 0 Å². The van der Waals surface area contributed by atoms with Crippen LogP contribution in [0.1, 0.15) is 25.1 Å². The second kappa shape index (κ2) is 8.31. The molecule has 1 aromatic carbocycles. The fraction of sp³-hybridized carbons (Fsp3) is 0.409. The standard InChI is InChI=1S/C22H28N6O/c1-22(2)16-23-10-13-27(22)15-17-4-6-18(7-5-17)21-25-19(14-20(29)26-21)8-12-28-11-3-9-24-28/h3-7,9,11,14,23H,8,10,12-13,15-16H2,1-2H3,(H,25,26,29). The first-order valence-electron chi connectivity index (χ1n) is 10.1. The molecule has 0 radical (unpaired) electrons. The van der Waals surface area contributed by atoms with Gasteiger partial charge in [0.1, 0.15) is 5.82 Å². The molecule has 1 aliphatic rings. The molecule has 29 heavy (non-hydrogen) atoms. The van der Waals surface area contributed by atoms with Crippen LogP contribution < -0.4 is 10.9 Å². The maximum atomic E-state index is 12.1. The van der Waals surface area contributed by atoms with Crippen molar-refractivity contribution >= 4 is 0 Å². The fourth-order valence-electron chi connectivity index (χ4n) is 3.74. The molecule has 4 rings (SSSR count). The Hall–Kier alpha value is -2.77. The highest BCUT2D eigenvalue weighted by Crippen LogP contribution is 2.21. The van der Waals surface area contributed by atoms with E-state index in [0.717, 1.165) is 37.4 Å². The van der Waals surface area contributed by atoms with Crippen molar-refractivity contribution < 1.29 is 0 Å². The highest BCUT2D eigenvalue weighted by atomic mass is 16.1. The summed E-state index contributed by atoms with van der Waals surface area (Å²) >= 11 is 0. The van der Waals surface area contributed by atoms with E-state index in [2.05, 4.69) is 51.3 Å². The van der Waals surface area contributed by atoms with Crippen molar-refractivity contribution in [1.29, 1.82) is 0 Å². The zero-order valence-corrected chi connectivity index (χ0v) is 17.1. The topological polar surface area (TPSA) is 78.8 Å². The number of hydrogen-bond acceptors (Lipinski definition) is 5. The summed E-state index contributed by atoms with van der Waals surface area (Å²) in [6.45, 7) is 9.24. The van der Waals surface area contributed by atoms with Crippen molar-refractivity contribution in [3.05, 3.63) is 70.4 Å². The van der Waals surface area contributed by atoms with Crippen LogP contribution in [0.5, 0.6) is 0 Å². The number of nitrogens with zero attached hydrogens (tertiary/aromatic N) is 4. The van der Waals surface area contributed by atoms with Crippen LogP contribution in [0, 0.1) is 0 Å². The summed E-state index contributed by atoms with van der Waals surface area (Å²) in [5, 5.41) is 7.66. The summed E-state index contributed by atoms with van der Waals surface area (Å²) in [4.78, 5) is 22.1. The van der Waals surface area contributed by atoms with Crippen LogP contribution in [0.3, 0.4) is 0 Å². The first-order valence-corrected chi connectivity index (χ1v) is 10.1. The average Bonchev–Trinajstić information content (AvgIpc) is 3.22. The molecule has 0 spiro atoms. The molecule has 2 aromatic heterocycles. The number of rotatable bonds is 6. The molecule has 0 bridgehead atoms. The Morgan fingerprint density at radius 3 is 2.76 bits per heavy atom. The summed E-state index contributed by atoms with van der Waals surface area (Å²) < 4.78 is 1.84. The van der Waals surface area contributed by atoms with Crippen molar-refractivity contribution in [1.82, 2.24) is 30.0 Å². The second-order valence-electron chi connectivity index (χ2n) is 8.21. The van der Waals surface area contributed by atoms with Crippen LogP contribution in [0.15, 0.2) is 53.6 Å². The molecule has 0 unspecified atom stereocenters. The average molecular weight is 393 g/mol. The third kappa shape index (κ3) is 4.81. The van der Waals surface area contributed by atoms with Gasteiger partial charge in [-0.3, -0.25) is 14.4 Å². The van der Waals surface area contributed by atoms with E-state index in [0.29, 0.717) is 18.8 Å². The first-order chi connectivity index (χ1) is 14.0. The third-order valence-electron chi connectivity index (χ3n) is 5.52. The van der Waals surface area contributed by atoms with Crippen LogP contribution in [-0.4, -0.2) is 49.8 Å². The molecule has 7 heteroatoms. The van der Waals surface area contributed by atoms with Gasteiger partial charge in [-0.1, -0.05) is 24.3 Å². The quantitative estimate of drug-likeness (QED) is 0.671. The minimum Gasteiger partial charge on any atom is -0.314 e. The van der Waals surface area contributed by atoms with Crippen LogP contribution in [0.25, 0.3) is 11.4 Å². The Kier molecular flexibility index (Phi) is 5.60. The Bertz CT molecular complexity index is 991. The molecule has 3 aromatic rings. The number of hydrogen-bond donors (Lipinski definition) is 2. The molecule has 0 amide bonds. The smallest absolute Gasteiger partial charge is 0.251 e. The van der Waals surface area contributed by atoms with Crippen molar-refractivity contribution in [2.75, 3.05) is 19.6 Å². The van der Waals surface area contributed by atoms with Crippen molar-refractivity contribution in [2.24, 2.45) is 0 Å². The van der Waals surface area contributed by atoms with Crippen LogP contribution in [-0.2, 0) is 19.5 Å². The van der Waals surface area contributed by atoms with Crippen molar-refractivity contribution in [3.8, 4) is 11.4 Å². The van der Waals surface area contributed by atoms with E-state index in [1.54, 1.807) is 12.3 Å². The maximum Gasteiger partial charge on any atom is 0.251 e. The van der Waals surface area contributed by atoms with Gasteiger partial charge in [0, 0.05) is 68.7 Å². The number of nitrogens with one attached hydrogen (secondary N) is 2. The zero-order valence-electron chi connectivity index (χ0n) is 17.1. The lowest BCUT2D eigenvalue weighted by atomic mass is 9.99. The van der Waals surface area contributed by atoms with Crippen LogP contribution >= 0.6 is 0 Å². The van der Waals surface area contributed by atoms with Crippen LogP contribution in [0.4, 0.5) is 0 Å². The predicted octanol–water partition coefficient (Wildman–Crippen LogP) is 2.06. The number of aromatic amines is 1. The molecule has 0 aliphatic carbocycles. The van der Waals surface area contributed by atoms with Gasteiger partial charge >= 0.3 is 0 Å². The summed E-state index contributed by atoms with van der Waals surface area (Å²) in [5.74, 6) is 0.613. The van der Waals surface area contributed by atoms with E-state index in [1.807, 2.05) is 29.1 Å². The maximum absolute atomic E-state index is 12.1. The minimum absolute atomic E-state index is 0.128. The largest absolute Gasteiger partial charge is 0.314 e. The van der Waals surface area contributed by atoms with Gasteiger partial charge in [0.05, 0.1) is 5.69 Å². The van der Waals surface area contributed by atoms with Gasteiger partial charge < -0.3 is 10.3 Å². The lowest BCUT2D eigenvalue weighted by molar-refractivity contribution is 0.0828. The van der Waals surface area contributed by atoms with E-state index in [4.69, 9.17) is 0 Å². The molecule has 0 atom stereocenters. The number of piperazine rings is 1. The predicted molar refractivity (Wildman–Crippen MR) is 114 cm³/mol. The summed E-state index contributed by atoms with van der Waals surface area (Å²) in [6, 6.07) is 11.8. The number of aryl methyl sites for hydroxylation is 2.